The van der Waals surface area contributed by atoms with Crippen molar-refractivity contribution in [2.75, 3.05) is 23.0 Å². The molecule has 2 nitrogen and oxygen atoms in total. The Morgan fingerprint density at radius 3 is 1.50 bits per heavy atom. The van der Waals surface area contributed by atoms with E-state index in [2.05, 4.69) is 13.2 Å². The van der Waals surface area contributed by atoms with Crippen LogP contribution in [0.2, 0.25) is 0 Å². The summed E-state index contributed by atoms with van der Waals surface area (Å²) in [6, 6.07) is 0. The Morgan fingerprint density at radius 1 is 0.682 bits per heavy atom. The zero-order valence-electron chi connectivity index (χ0n) is 13.8. The molecule has 0 aromatic heterocycles. The lowest BCUT2D eigenvalue weighted by atomic mass is 10.3. The number of unbranched alkanes of at least 4 members (excludes halogenated alkanes) is 3. The Labute approximate surface area is 148 Å². The molecule has 0 bridgehead atoms. The first-order valence-electron chi connectivity index (χ1n) is 7.68. The first kappa shape index (κ1) is 21.9. The second-order valence-corrected chi connectivity index (χ2v) is 8.57. The molecule has 22 heavy (non-hydrogen) atoms. The van der Waals surface area contributed by atoms with Crippen LogP contribution in [-0.2, 0) is 9.59 Å². The van der Waals surface area contributed by atoms with Crippen LogP contribution >= 0.6 is 35.3 Å². The zero-order valence-corrected chi connectivity index (χ0v) is 16.3. The van der Waals surface area contributed by atoms with Gasteiger partial charge >= 0.3 is 0 Å². The molecular formula is C17H28O2S3. The molecule has 0 radical (unpaired) electrons. The van der Waals surface area contributed by atoms with Crippen molar-refractivity contribution >= 4 is 45.5 Å². The third-order valence-electron chi connectivity index (χ3n) is 2.78. The highest BCUT2D eigenvalue weighted by Gasteiger charge is 2.03. The van der Waals surface area contributed by atoms with Crippen molar-refractivity contribution in [1.82, 2.24) is 0 Å². The van der Waals surface area contributed by atoms with Crippen LogP contribution in [0, 0.1) is 0 Å². The van der Waals surface area contributed by atoms with E-state index in [9.17, 15) is 9.59 Å². The molecule has 0 amide bonds. The minimum absolute atomic E-state index is 0.121. The van der Waals surface area contributed by atoms with Crippen molar-refractivity contribution in [2.45, 2.75) is 46.0 Å². The Kier molecular flexibility index (Phi) is 14.4. The van der Waals surface area contributed by atoms with Crippen molar-refractivity contribution in [3.8, 4) is 0 Å². The lowest BCUT2D eigenvalue weighted by Crippen LogP contribution is -1.95. The van der Waals surface area contributed by atoms with E-state index in [1.165, 1.54) is 54.3 Å². The van der Waals surface area contributed by atoms with Gasteiger partial charge < -0.3 is 0 Å². The topological polar surface area (TPSA) is 34.1 Å². The highest BCUT2D eigenvalue weighted by atomic mass is 32.2. The molecule has 0 aliphatic carbocycles. The first-order chi connectivity index (χ1) is 10.4. The first-order valence-corrected chi connectivity index (χ1v) is 10.8. The molecule has 0 atom stereocenters. The summed E-state index contributed by atoms with van der Waals surface area (Å²) in [5.74, 6) is 4.17. The van der Waals surface area contributed by atoms with E-state index in [1.807, 2.05) is 11.8 Å². The minimum Gasteiger partial charge on any atom is -0.282 e. The molecular weight excluding hydrogens is 332 g/mol. The molecule has 0 saturated carbocycles. The monoisotopic (exact) mass is 360 g/mol. The fraction of sp³-hybridized carbons (Fsp3) is 0.647. The van der Waals surface area contributed by atoms with Gasteiger partial charge in [0.1, 0.15) is 0 Å². The van der Waals surface area contributed by atoms with Gasteiger partial charge in [0, 0.05) is 11.5 Å². The second kappa shape index (κ2) is 14.5. The predicted octanol–water partition coefficient (Wildman–Crippen LogP) is 5.34. The van der Waals surface area contributed by atoms with Crippen LogP contribution in [0.25, 0.3) is 0 Å². The average Bonchev–Trinajstić information content (AvgIpc) is 2.47. The van der Waals surface area contributed by atoms with Gasteiger partial charge in [0.25, 0.3) is 0 Å². The summed E-state index contributed by atoms with van der Waals surface area (Å²) >= 11 is 4.76. The summed E-state index contributed by atoms with van der Waals surface area (Å²) < 4.78 is 0. The van der Waals surface area contributed by atoms with Gasteiger partial charge in [0.2, 0.25) is 10.2 Å². The fourth-order valence-corrected chi connectivity index (χ4v) is 4.05. The summed E-state index contributed by atoms with van der Waals surface area (Å²) in [6.45, 7) is 10.8. The number of thioether (sulfide) groups is 3. The number of carbonyl (C=O) groups excluding carboxylic acids is 2. The third-order valence-corrected chi connectivity index (χ3v) is 6.14. The summed E-state index contributed by atoms with van der Waals surface area (Å²) in [4.78, 5) is 22.6. The maximum Gasteiger partial charge on any atom is 0.214 e. The molecule has 0 N–H and O–H groups in total. The summed E-state index contributed by atoms with van der Waals surface area (Å²) in [6.07, 6.45) is 5.77. The Morgan fingerprint density at radius 2 is 1.05 bits per heavy atom. The third kappa shape index (κ3) is 13.5. The maximum atomic E-state index is 11.3. The van der Waals surface area contributed by atoms with Gasteiger partial charge in [-0.15, -0.1) is 0 Å². The van der Waals surface area contributed by atoms with Crippen LogP contribution in [0.1, 0.15) is 46.0 Å². The van der Waals surface area contributed by atoms with Crippen molar-refractivity contribution in [3.05, 3.63) is 24.3 Å². The van der Waals surface area contributed by atoms with Crippen LogP contribution in [0.4, 0.5) is 0 Å². The van der Waals surface area contributed by atoms with Gasteiger partial charge in [0.05, 0.1) is 0 Å². The van der Waals surface area contributed by atoms with Crippen LogP contribution < -0.4 is 0 Å². The SMILES string of the molecule is C=C(C)C(=O)SCCCCCSCCCCSC(=O)C(=C)C. The van der Waals surface area contributed by atoms with Crippen molar-refractivity contribution in [3.63, 3.8) is 0 Å². The van der Waals surface area contributed by atoms with Gasteiger partial charge in [-0.3, -0.25) is 9.59 Å². The molecule has 0 aromatic carbocycles. The average molecular weight is 361 g/mol. The van der Waals surface area contributed by atoms with E-state index in [1.54, 1.807) is 13.8 Å². The largest absolute Gasteiger partial charge is 0.282 e. The molecule has 0 heterocycles. The molecule has 0 aliphatic rings. The summed E-state index contributed by atoms with van der Waals surface area (Å²) in [5, 5.41) is 0.244. The molecule has 0 rings (SSSR count). The fourth-order valence-electron chi connectivity index (χ4n) is 1.47. The highest BCUT2D eigenvalue weighted by Crippen LogP contribution is 2.15. The van der Waals surface area contributed by atoms with Crippen LogP contribution in [0.3, 0.4) is 0 Å². The van der Waals surface area contributed by atoms with Crippen LogP contribution in [0.15, 0.2) is 24.3 Å². The van der Waals surface area contributed by atoms with Gasteiger partial charge in [-0.1, -0.05) is 43.1 Å². The van der Waals surface area contributed by atoms with E-state index < -0.39 is 0 Å². The molecule has 126 valence electrons. The number of carbonyl (C=O) groups is 2. The van der Waals surface area contributed by atoms with Gasteiger partial charge in [-0.25, -0.2) is 0 Å². The van der Waals surface area contributed by atoms with Crippen molar-refractivity contribution in [2.24, 2.45) is 0 Å². The van der Waals surface area contributed by atoms with E-state index in [-0.39, 0.29) is 10.2 Å². The van der Waals surface area contributed by atoms with Crippen LogP contribution in [-0.4, -0.2) is 33.2 Å². The van der Waals surface area contributed by atoms with E-state index in [4.69, 9.17) is 0 Å². The second-order valence-electron chi connectivity index (χ2n) is 5.21. The molecule has 0 spiro atoms. The standard InChI is InChI=1S/C17H28O2S3/c1-14(2)16(18)21-12-7-5-6-10-20-11-8-9-13-22-17(19)15(3)4/h1,3,5-13H2,2,4H3. The normalized spacial score (nSPS) is 10.5. The number of hydrogen-bond donors (Lipinski definition) is 0. The quantitative estimate of drug-likeness (QED) is 0.327. The lowest BCUT2D eigenvalue weighted by Gasteiger charge is -2.03. The Hall–Kier alpha value is -0.130. The van der Waals surface area contributed by atoms with E-state index >= 15 is 0 Å². The lowest BCUT2D eigenvalue weighted by molar-refractivity contribution is -0.108. The Bertz CT molecular complexity index is 342. The molecule has 5 heteroatoms. The molecule has 0 saturated heterocycles. The molecule has 0 aromatic rings. The smallest absolute Gasteiger partial charge is 0.214 e. The molecule has 0 unspecified atom stereocenters. The molecule has 0 fully saturated rings. The van der Waals surface area contributed by atoms with E-state index in [0.717, 1.165) is 24.3 Å². The highest BCUT2D eigenvalue weighted by molar-refractivity contribution is 8.14. The van der Waals surface area contributed by atoms with Gasteiger partial charge in [-0.2, -0.15) is 11.8 Å². The summed E-state index contributed by atoms with van der Waals surface area (Å²) in [5.41, 5.74) is 1.28. The number of rotatable bonds is 13. The zero-order chi connectivity index (χ0) is 16.8. The minimum atomic E-state index is 0.121. The van der Waals surface area contributed by atoms with Crippen molar-refractivity contribution in [1.29, 1.82) is 0 Å². The Balaban J connectivity index is 3.21. The van der Waals surface area contributed by atoms with Gasteiger partial charge in [0.15, 0.2) is 0 Å². The predicted molar refractivity (Wildman–Crippen MR) is 105 cm³/mol. The maximum absolute atomic E-state index is 11.3. The van der Waals surface area contributed by atoms with Gasteiger partial charge in [-0.05, 0) is 62.2 Å². The van der Waals surface area contributed by atoms with Crippen LogP contribution in [0.5, 0.6) is 0 Å². The van der Waals surface area contributed by atoms with E-state index in [0.29, 0.717) is 11.1 Å². The van der Waals surface area contributed by atoms with Crippen molar-refractivity contribution < 1.29 is 9.59 Å². The summed E-state index contributed by atoms with van der Waals surface area (Å²) in [7, 11) is 0. The number of hydrogen-bond acceptors (Lipinski definition) is 5. The molecule has 0 aliphatic heterocycles.